The molecule has 0 saturated carbocycles. The van der Waals surface area contributed by atoms with Gasteiger partial charge in [0.15, 0.2) is 0 Å². The first kappa shape index (κ1) is 11.2. The van der Waals surface area contributed by atoms with Gasteiger partial charge in [-0.2, -0.15) is 0 Å². The van der Waals surface area contributed by atoms with E-state index in [-0.39, 0.29) is 11.8 Å². The average molecular weight is 198 g/mol. The molecule has 1 rings (SSSR count). The molecule has 0 aromatic heterocycles. The molecule has 80 valence electrons. The Morgan fingerprint density at radius 1 is 1.21 bits per heavy atom. The van der Waals surface area contributed by atoms with Crippen molar-refractivity contribution in [3.63, 3.8) is 0 Å². The smallest absolute Gasteiger partial charge is 0.230 e. The summed E-state index contributed by atoms with van der Waals surface area (Å²) < 4.78 is 0. The first-order chi connectivity index (χ1) is 6.61. The summed E-state index contributed by atoms with van der Waals surface area (Å²) in [5.74, 6) is -0.131. The van der Waals surface area contributed by atoms with Crippen molar-refractivity contribution in [3.8, 4) is 0 Å². The number of carbonyl (C=O) groups is 2. The van der Waals surface area contributed by atoms with Crippen LogP contribution in [0.5, 0.6) is 0 Å². The zero-order chi connectivity index (χ0) is 10.8. The SMILES string of the molecule is CCC(CC)(CN)N1C(=O)CCC1=O. The molecule has 2 amide bonds. The van der Waals surface area contributed by atoms with Crippen molar-refractivity contribution in [3.05, 3.63) is 0 Å². The van der Waals surface area contributed by atoms with Gasteiger partial charge in [-0.25, -0.2) is 0 Å². The maximum Gasteiger partial charge on any atom is 0.230 e. The van der Waals surface area contributed by atoms with Crippen molar-refractivity contribution in [2.45, 2.75) is 45.1 Å². The number of carbonyl (C=O) groups excluding carboxylic acids is 2. The van der Waals surface area contributed by atoms with E-state index in [0.717, 1.165) is 12.8 Å². The second-order valence-corrected chi connectivity index (χ2v) is 3.76. The standard InChI is InChI=1S/C10H18N2O2/c1-3-10(4-2,7-11)12-8(13)5-6-9(12)14/h3-7,11H2,1-2H3. The van der Waals surface area contributed by atoms with Crippen LogP contribution in [0.4, 0.5) is 0 Å². The highest BCUT2D eigenvalue weighted by Crippen LogP contribution is 2.28. The van der Waals surface area contributed by atoms with Gasteiger partial charge in [0.2, 0.25) is 11.8 Å². The van der Waals surface area contributed by atoms with Gasteiger partial charge in [0.05, 0.1) is 5.54 Å². The minimum absolute atomic E-state index is 0.0656. The van der Waals surface area contributed by atoms with Gasteiger partial charge in [0, 0.05) is 19.4 Å². The Kier molecular flexibility index (Phi) is 3.26. The molecule has 14 heavy (non-hydrogen) atoms. The van der Waals surface area contributed by atoms with Crippen LogP contribution in [0, 0.1) is 0 Å². The number of amides is 2. The van der Waals surface area contributed by atoms with E-state index in [4.69, 9.17) is 5.73 Å². The molecule has 1 saturated heterocycles. The van der Waals surface area contributed by atoms with Gasteiger partial charge < -0.3 is 5.73 Å². The third kappa shape index (κ3) is 1.54. The van der Waals surface area contributed by atoms with E-state index < -0.39 is 5.54 Å². The molecule has 0 aromatic carbocycles. The normalized spacial score (nSPS) is 18.1. The molecule has 1 aliphatic heterocycles. The van der Waals surface area contributed by atoms with Crippen LogP contribution in [-0.2, 0) is 9.59 Å². The van der Waals surface area contributed by atoms with Crippen LogP contribution in [0.1, 0.15) is 39.5 Å². The summed E-state index contributed by atoms with van der Waals surface area (Å²) in [4.78, 5) is 24.5. The number of hydrogen-bond acceptors (Lipinski definition) is 3. The third-order valence-electron chi connectivity index (χ3n) is 3.22. The van der Waals surface area contributed by atoms with Crippen molar-refractivity contribution in [1.82, 2.24) is 4.90 Å². The largest absolute Gasteiger partial charge is 0.328 e. The van der Waals surface area contributed by atoms with Crippen molar-refractivity contribution in [1.29, 1.82) is 0 Å². The molecule has 0 spiro atoms. The molecule has 0 bridgehead atoms. The molecule has 0 aliphatic carbocycles. The van der Waals surface area contributed by atoms with Crippen molar-refractivity contribution >= 4 is 11.8 Å². The maximum atomic E-state index is 11.6. The predicted molar refractivity (Wildman–Crippen MR) is 53.5 cm³/mol. The lowest BCUT2D eigenvalue weighted by molar-refractivity contribution is -0.145. The van der Waals surface area contributed by atoms with Crippen molar-refractivity contribution in [2.24, 2.45) is 5.73 Å². The lowest BCUT2D eigenvalue weighted by Crippen LogP contribution is -2.55. The van der Waals surface area contributed by atoms with E-state index in [1.807, 2.05) is 13.8 Å². The Labute approximate surface area is 84.4 Å². The first-order valence-corrected chi connectivity index (χ1v) is 5.17. The van der Waals surface area contributed by atoms with E-state index >= 15 is 0 Å². The molecule has 4 heteroatoms. The molecule has 2 N–H and O–H groups in total. The highest BCUT2D eigenvalue weighted by atomic mass is 16.2. The molecule has 1 heterocycles. The molecule has 4 nitrogen and oxygen atoms in total. The molecule has 1 fully saturated rings. The topological polar surface area (TPSA) is 63.4 Å². The fourth-order valence-electron chi connectivity index (χ4n) is 2.05. The van der Waals surface area contributed by atoms with Crippen LogP contribution in [0.25, 0.3) is 0 Å². The van der Waals surface area contributed by atoms with E-state index in [9.17, 15) is 9.59 Å². The van der Waals surface area contributed by atoms with Gasteiger partial charge in [-0.05, 0) is 12.8 Å². The quantitative estimate of drug-likeness (QED) is 0.675. The van der Waals surface area contributed by atoms with Crippen LogP contribution >= 0.6 is 0 Å². The number of nitrogens with zero attached hydrogens (tertiary/aromatic N) is 1. The van der Waals surface area contributed by atoms with E-state index in [2.05, 4.69) is 0 Å². The lowest BCUT2D eigenvalue weighted by atomic mass is 9.91. The van der Waals surface area contributed by atoms with Crippen LogP contribution < -0.4 is 5.73 Å². The third-order valence-corrected chi connectivity index (χ3v) is 3.22. The van der Waals surface area contributed by atoms with Gasteiger partial charge in [0.1, 0.15) is 0 Å². The summed E-state index contributed by atoms with van der Waals surface area (Å²) in [6.45, 7) is 4.29. The number of hydrogen-bond donors (Lipinski definition) is 1. The molecule has 0 aromatic rings. The number of nitrogens with two attached hydrogens (primary N) is 1. The van der Waals surface area contributed by atoms with Gasteiger partial charge in [-0.1, -0.05) is 13.8 Å². The zero-order valence-corrected chi connectivity index (χ0v) is 8.88. The lowest BCUT2D eigenvalue weighted by Gasteiger charge is -2.38. The van der Waals surface area contributed by atoms with Crippen molar-refractivity contribution in [2.75, 3.05) is 6.54 Å². The van der Waals surface area contributed by atoms with E-state index in [0.29, 0.717) is 19.4 Å². The highest BCUT2D eigenvalue weighted by molar-refractivity contribution is 6.02. The van der Waals surface area contributed by atoms with Crippen molar-refractivity contribution < 1.29 is 9.59 Å². The second-order valence-electron chi connectivity index (χ2n) is 3.76. The maximum absolute atomic E-state index is 11.6. The summed E-state index contributed by atoms with van der Waals surface area (Å²) in [6, 6.07) is 0. The number of imide groups is 1. The number of likely N-dealkylation sites (tertiary alicyclic amines) is 1. The molecule has 0 radical (unpaired) electrons. The van der Waals surface area contributed by atoms with Gasteiger partial charge in [-0.3, -0.25) is 14.5 Å². The molecule has 0 atom stereocenters. The zero-order valence-electron chi connectivity index (χ0n) is 8.88. The van der Waals surface area contributed by atoms with E-state index in [1.54, 1.807) is 0 Å². The Balaban J connectivity index is 2.97. The molecular formula is C10H18N2O2. The van der Waals surface area contributed by atoms with Crippen LogP contribution in [0.2, 0.25) is 0 Å². The minimum atomic E-state index is -0.440. The average Bonchev–Trinajstić information content (AvgIpc) is 2.53. The molecular weight excluding hydrogens is 180 g/mol. The predicted octanol–water partition coefficient (Wildman–Crippen LogP) is 0.653. The van der Waals surface area contributed by atoms with Crippen LogP contribution in [-0.4, -0.2) is 28.8 Å². The van der Waals surface area contributed by atoms with Gasteiger partial charge >= 0.3 is 0 Å². The fraction of sp³-hybridized carbons (Fsp3) is 0.800. The highest BCUT2D eigenvalue weighted by Gasteiger charge is 2.42. The molecule has 1 aliphatic rings. The number of rotatable bonds is 4. The Bertz CT molecular complexity index is 222. The summed E-state index contributed by atoms with van der Waals surface area (Å²) in [5.41, 5.74) is 5.25. The second kappa shape index (κ2) is 4.09. The summed E-state index contributed by atoms with van der Waals surface area (Å²) in [5, 5.41) is 0. The molecule has 0 unspecified atom stereocenters. The monoisotopic (exact) mass is 198 g/mol. The minimum Gasteiger partial charge on any atom is -0.328 e. The van der Waals surface area contributed by atoms with Gasteiger partial charge in [0.25, 0.3) is 0 Å². The van der Waals surface area contributed by atoms with Gasteiger partial charge in [-0.15, -0.1) is 0 Å². The Hall–Kier alpha value is -0.900. The van der Waals surface area contributed by atoms with E-state index in [1.165, 1.54) is 4.90 Å². The Morgan fingerprint density at radius 3 is 1.93 bits per heavy atom. The fourth-order valence-corrected chi connectivity index (χ4v) is 2.05. The van der Waals surface area contributed by atoms with Crippen LogP contribution in [0.15, 0.2) is 0 Å². The summed E-state index contributed by atoms with van der Waals surface area (Å²) in [7, 11) is 0. The first-order valence-electron chi connectivity index (χ1n) is 5.17. The Morgan fingerprint density at radius 2 is 1.64 bits per heavy atom. The summed E-state index contributed by atoms with van der Waals surface area (Å²) >= 11 is 0. The summed E-state index contributed by atoms with van der Waals surface area (Å²) in [6.07, 6.45) is 2.16. The van der Waals surface area contributed by atoms with Crippen LogP contribution in [0.3, 0.4) is 0 Å².